The van der Waals surface area contributed by atoms with E-state index in [1.807, 2.05) is 38.1 Å². The molecule has 0 aliphatic rings. The number of carboxylic acid groups (broad SMARTS) is 1. The third-order valence-electron chi connectivity index (χ3n) is 3.00. The van der Waals surface area contributed by atoms with E-state index in [9.17, 15) is 9.90 Å². The number of benzene rings is 1. The number of carboxylic acids is 1. The normalized spacial score (nSPS) is 12.1. The van der Waals surface area contributed by atoms with Gasteiger partial charge in [0.15, 0.2) is 0 Å². The zero-order valence-corrected chi connectivity index (χ0v) is 11.0. The molecule has 1 aromatic heterocycles. The Morgan fingerprint density at radius 2 is 2.00 bits per heavy atom. The van der Waals surface area contributed by atoms with Crippen molar-refractivity contribution in [1.29, 1.82) is 0 Å². The Morgan fingerprint density at radius 3 is 2.58 bits per heavy atom. The zero-order chi connectivity index (χ0) is 13.8. The Labute approximate surface area is 112 Å². The summed E-state index contributed by atoms with van der Waals surface area (Å²) in [6, 6.07) is 11.4. The van der Waals surface area contributed by atoms with Crippen LogP contribution in [0.25, 0.3) is 0 Å². The molecule has 4 heteroatoms. The van der Waals surface area contributed by atoms with Crippen molar-refractivity contribution in [3.8, 4) is 0 Å². The van der Waals surface area contributed by atoms with E-state index in [-0.39, 0.29) is 0 Å². The zero-order valence-electron chi connectivity index (χ0n) is 11.0. The van der Waals surface area contributed by atoms with Gasteiger partial charge in [-0.15, -0.1) is 0 Å². The minimum absolute atomic E-state index is 0.425. The van der Waals surface area contributed by atoms with Gasteiger partial charge < -0.3 is 5.11 Å². The van der Waals surface area contributed by atoms with Crippen LogP contribution >= 0.6 is 0 Å². The summed E-state index contributed by atoms with van der Waals surface area (Å²) in [5.41, 5.74) is 3.40. The highest BCUT2D eigenvalue weighted by atomic mass is 16.4. The van der Waals surface area contributed by atoms with Gasteiger partial charge in [-0.2, -0.15) is 10.2 Å². The lowest BCUT2D eigenvalue weighted by Crippen LogP contribution is -2.16. The summed E-state index contributed by atoms with van der Waals surface area (Å²) >= 11 is 0. The van der Waals surface area contributed by atoms with Crippen LogP contribution in [-0.2, 0) is 11.2 Å². The molecule has 1 N–H and O–H groups in total. The second-order valence-corrected chi connectivity index (χ2v) is 4.68. The Hall–Kier alpha value is -2.23. The van der Waals surface area contributed by atoms with E-state index in [1.165, 1.54) is 0 Å². The van der Waals surface area contributed by atoms with Gasteiger partial charge in [0.1, 0.15) is 5.92 Å². The van der Waals surface area contributed by atoms with Gasteiger partial charge >= 0.3 is 5.97 Å². The number of aromatic nitrogens is 2. The molecule has 0 aliphatic heterocycles. The van der Waals surface area contributed by atoms with Crippen LogP contribution in [0.3, 0.4) is 0 Å². The van der Waals surface area contributed by atoms with Crippen molar-refractivity contribution in [2.24, 2.45) is 0 Å². The third-order valence-corrected chi connectivity index (χ3v) is 3.00. The fraction of sp³-hybridized carbons (Fsp3) is 0.267. The SMILES string of the molecule is Cc1cccc(CC(C(=O)O)c2ccc(C)nn2)c1. The fourth-order valence-corrected chi connectivity index (χ4v) is 1.99. The molecular formula is C15H16N2O2. The topological polar surface area (TPSA) is 63.1 Å². The van der Waals surface area contributed by atoms with E-state index in [0.717, 1.165) is 16.8 Å². The van der Waals surface area contributed by atoms with E-state index in [2.05, 4.69) is 10.2 Å². The first-order valence-corrected chi connectivity index (χ1v) is 6.15. The number of hydrogen-bond donors (Lipinski definition) is 1. The second kappa shape index (κ2) is 5.61. The summed E-state index contributed by atoms with van der Waals surface area (Å²) in [6.07, 6.45) is 0.425. The Balaban J connectivity index is 2.26. The molecule has 0 spiro atoms. The maximum absolute atomic E-state index is 11.4. The third kappa shape index (κ3) is 3.37. The number of hydrogen-bond acceptors (Lipinski definition) is 3. The summed E-state index contributed by atoms with van der Waals surface area (Å²) in [4.78, 5) is 11.4. The molecule has 98 valence electrons. The van der Waals surface area contributed by atoms with Crippen LogP contribution in [0.15, 0.2) is 36.4 Å². The molecular weight excluding hydrogens is 240 g/mol. The van der Waals surface area contributed by atoms with E-state index in [0.29, 0.717) is 12.1 Å². The molecule has 0 bridgehead atoms. The Kier molecular flexibility index (Phi) is 3.90. The first-order chi connectivity index (χ1) is 9.06. The monoisotopic (exact) mass is 256 g/mol. The summed E-state index contributed by atoms with van der Waals surface area (Å²) < 4.78 is 0. The van der Waals surface area contributed by atoms with Gasteiger partial charge in [-0.3, -0.25) is 4.79 Å². The number of nitrogens with zero attached hydrogens (tertiary/aromatic N) is 2. The van der Waals surface area contributed by atoms with Gasteiger partial charge in [0, 0.05) is 0 Å². The van der Waals surface area contributed by atoms with E-state index < -0.39 is 11.9 Å². The molecule has 0 aliphatic carbocycles. The van der Waals surface area contributed by atoms with E-state index in [1.54, 1.807) is 12.1 Å². The van der Waals surface area contributed by atoms with Crippen LogP contribution in [0.5, 0.6) is 0 Å². The van der Waals surface area contributed by atoms with Gasteiger partial charge in [0.2, 0.25) is 0 Å². The molecule has 4 nitrogen and oxygen atoms in total. The lowest BCUT2D eigenvalue weighted by molar-refractivity contribution is -0.138. The Bertz CT molecular complexity index is 579. The average Bonchev–Trinajstić information content (AvgIpc) is 2.37. The van der Waals surface area contributed by atoms with Crippen molar-refractivity contribution in [1.82, 2.24) is 10.2 Å². The summed E-state index contributed by atoms with van der Waals surface area (Å²) in [6.45, 7) is 3.82. The first kappa shape index (κ1) is 13.2. The lowest BCUT2D eigenvalue weighted by atomic mass is 9.95. The van der Waals surface area contributed by atoms with E-state index in [4.69, 9.17) is 0 Å². The molecule has 19 heavy (non-hydrogen) atoms. The van der Waals surface area contributed by atoms with Crippen LogP contribution < -0.4 is 0 Å². The summed E-state index contributed by atoms with van der Waals surface area (Å²) in [5.74, 6) is -1.53. The van der Waals surface area contributed by atoms with Gasteiger partial charge in [0.25, 0.3) is 0 Å². The molecule has 0 fully saturated rings. The number of aliphatic carboxylic acids is 1. The average molecular weight is 256 g/mol. The van der Waals surface area contributed by atoms with Crippen molar-refractivity contribution >= 4 is 5.97 Å². The first-order valence-electron chi connectivity index (χ1n) is 6.15. The summed E-state index contributed by atoms with van der Waals surface area (Å²) in [5, 5.41) is 17.3. The van der Waals surface area contributed by atoms with Crippen LogP contribution in [-0.4, -0.2) is 21.3 Å². The molecule has 1 aromatic carbocycles. The quantitative estimate of drug-likeness (QED) is 0.913. The predicted octanol–water partition coefficient (Wildman–Crippen LogP) is 2.50. The fourth-order valence-electron chi connectivity index (χ4n) is 1.99. The van der Waals surface area contributed by atoms with Crippen LogP contribution in [0.1, 0.15) is 28.4 Å². The van der Waals surface area contributed by atoms with E-state index >= 15 is 0 Å². The molecule has 1 unspecified atom stereocenters. The maximum atomic E-state index is 11.4. The van der Waals surface area contributed by atoms with Crippen LogP contribution in [0.4, 0.5) is 0 Å². The molecule has 0 saturated carbocycles. The molecule has 2 aromatic rings. The predicted molar refractivity (Wildman–Crippen MR) is 72.0 cm³/mol. The van der Waals surface area contributed by atoms with Crippen molar-refractivity contribution in [3.63, 3.8) is 0 Å². The maximum Gasteiger partial charge on any atom is 0.313 e. The van der Waals surface area contributed by atoms with Gasteiger partial charge in [0.05, 0.1) is 11.4 Å². The van der Waals surface area contributed by atoms with Crippen LogP contribution in [0, 0.1) is 13.8 Å². The van der Waals surface area contributed by atoms with Crippen molar-refractivity contribution in [2.75, 3.05) is 0 Å². The molecule has 1 atom stereocenters. The highest BCUT2D eigenvalue weighted by Gasteiger charge is 2.22. The molecule has 1 heterocycles. The summed E-state index contributed by atoms with van der Waals surface area (Å²) in [7, 11) is 0. The minimum atomic E-state index is -0.875. The standard InChI is InChI=1S/C15H16N2O2/c1-10-4-3-5-12(8-10)9-13(15(18)19)14-7-6-11(2)16-17-14/h3-8,13H,9H2,1-2H3,(H,18,19). The van der Waals surface area contributed by atoms with Crippen molar-refractivity contribution < 1.29 is 9.90 Å². The molecule has 0 saturated heterocycles. The molecule has 0 radical (unpaired) electrons. The molecule has 0 amide bonds. The minimum Gasteiger partial charge on any atom is -0.481 e. The van der Waals surface area contributed by atoms with Crippen molar-refractivity contribution in [3.05, 3.63) is 58.9 Å². The largest absolute Gasteiger partial charge is 0.481 e. The highest BCUT2D eigenvalue weighted by Crippen LogP contribution is 2.20. The van der Waals surface area contributed by atoms with Gasteiger partial charge in [-0.25, -0.2) is 0 Å². The lowest BCUT2D eigenvalue weighted by Gasteiger charge is -2.12. The van der Waals surface area contributed by atoms with Crippen LogP contribution in [0.2, 0.25) is 0 Å². The second-order valence-electron chi connectivity index (χ2n) is 4.68. The smallest absolute Gasteiger partial charge is 0.313 e. The Morgan fingerprint density at radius 1 is 1.21 bits per heavy atom. The van der Waals surface area contributed by atoms with Gasteiger partial charge in [-0.05, 0) is 38.0 Å². The number of rotatable bonds is 4. The number of carbonyl (C=O) groups is 1. The van der Waals surface area contributed by atoms with Crippen molar-refractivity contribution in [2.45, 2.75) is 26.2 Å². The highest BCUT2D eigenvalue weighted by molar-refractivity contribution is 5.75. The number of aryl methyl sites for hydroxylation is 2. The van der Waals surface area contributed by atoms with Gasteiger partial charge in [-0.1, -0.05) is 29.8 Å². The molecule has 2 rings (SSSR count).